The van der Waals surface area contributed by atoms with Gasteiger partial charge in [-0.3, -0.25) is 4.79 Å². The molecule has 1 heterocycles. The van der Waals surface area contributed by atoms with Crippen molar-refractivity contribution in [3.63, 3.8) is 0 Å². The molecule has 0 saturated carbocycles. The minimum absolute atomic E-state index is 0.155. The van der Waals surface area contributed by atoms with Crippen molar-refractivity contribution in [3.05, 3.63) is 48.5 Å². The second-order valence-corrected chi connectivity index (χ2v) is 7.02. The van der Waals surface area contributed by atoms with Crippen molar-refractivity contribution in [2.24, 2.45) is 0 Å². The molecular formula is C22H29N3O3. The van der Waals surface area contributed by atoms with Crippen LogP contribution in [-0.4, -0.2) is 57.2 Å². The van der Waals surface area contributed by atoms with Gasteiger partial charge in [-0.1, -0.05) is 13.0 Å². The van der Waals surface area contributed by atoms with Gasteiger partial charge in [0, 0.05) is 43.6 Å². The maximum Gasteiger partial charge on any atom is 0.265 e. The molecule has 1 aliphatic rings. The number of nitrogens with zero attached hydrogens (tertiary/aromatic N) is 2. The molecule has 3 rings (SSSR count). The van der Waals surface area contributed by atoms with Crippen LogP contribution in [0.3, 0.4) is 0 Å². The predicted molar refractivity (Wildman–Crippen MR) is 112 cm³/mol. The maximum atomic E-state index is 12.6. The summed E-state index contributed by atoms with van der Waals surface area (Å²) in [6.07, 6.45) is 0.00649. The van der Waals surface area contributed by atoms with Crippen molar-refractivity contribution in [1.82, 2.24) is 4.90 Å². The zero-order chi connectivity index (χ0) is 19.9. The van der Waals surface area contributed by atoms with Gasteiger partial charge in [-0.2, -0.15) is 0 Å². The number of amides is 1. The Bertz CT molecular complexity index is 771. The van der Waals surface area contributed by atoms with Crippen LogP contribution in [0.4, 0.5) is 11.4 Å². The number of carbonyl (C=O) groups excluding carboxylic acids is 1. The molecular weight excluding hydrogens is 354 g/mol. The van der Waals surface area contributed by atoms with Crippen molar-refractivity contribution < 1.29 is 14.3 Å². The van der Waals surface area contributed by atoms with Crippen LogP contribution in [0.25, 0.3) is 0 Å². The van der Waals surface area contributed by atoms with E-state index in [0.717, 1.165) is 31.9 Å². The first-order chi connectivity index (χ1) is 13.6. The second-order valence-electron chi connectivity index (χ2n) is 7.02. The van der Waals surface area contributed by atoms with Crippen molar-refractivity contribution >= 4 is 17.3 Å². The third-order valence-corrected chi connectivity index (χ3v) is 4.99. The van der Waals surface area contributed by atoms with Gasteiger partial charge in [-0.15, -0.1) is 0 Å². The standard InChI is InChI=1S/C22H29N3O3/c1-4-21(28-20-7-5-6-19(16-20)27-3)22(26)23-17-8-10-18(11-9-17)25-14-12-24(2)13-15-25/h5-11,16,21H,4,12-15H2,1-3H3,(H,23,26). The molecule has 1 saturated heterocycles. The number of methoxy groups -OCH3 is 1. The van der Waals surface area contributed by atoms with Crippen molar-refractivity contribution in [1.29, 1.82) is 0 Å². The largest absolute Gasteiger partial charge is 0.497 e. The highest BCUT2D eigenvalue weighted by atomic mass is 16.5. The van der Waals surface area contributed by atoms with Gasteiger partial charge in [-0.05, 0) is 49.9 Å². The Morgan fingerprint density at radius 2 is 1.75 bits per heavy atom. The molecule has 0 aromatic heterocycles. The van der Waals surface area contributed by atoms with E-state index in [4.69, 9.17) is 9.47 Å². The first-order valence-electron chi connectivity index (χ1n) is 9.74. The summed E-state index contributed by atoms with van der Waals surface area (Å²) in [5.74, 6) is 1.16. The average molecular weight is 383 g/mol. The van der Waals surface area contributed by atoms with Crippen molar-refractivity contribution in [3.8, 4) is 11.5 Å². The van der Waals surface area contributed by atoms with Crippen molar-refractivity contribution in [2.45, 2.75) is 19.4 Å². The van der Waals surface area contributed by atoms with E-state index in [1.165, 1.54) is 5.69 Å². The number of ether oxygens (including phenoxy) is 2. The molecule has 0 spiro atoms. The van der Waals surface area contributed by atoms with Gasteiger partial charge in [0.15, 0.2) is 6.10 Å². The van der Waals surface area contributed by atoms with Gasteiger partial charge in [0.25, 0.3) is 5.91 Å². The second kappa shape index (κ2) is 9.46. The first kappa shape index (κ1) is 20.0. The van der Waals surface area contributed by atoms with Gasteiger partial charge >= 0.3 is 0 Å². The minimum Gasteiger partial charge on any atom is -0.497 e. The predicted octanol–water partition coefficient (Wildman–Crippen LogP) is 3.24. The summed E-state index contributed by atoms with van der Waals surface area (Å²) in [5.41, 5.74) is 1.96. The molecule has 2 aromatic carbocycles. The van der Waals surface area contributed by atoms with Gasteiger partial charge in [-0.25, -0.2) is 0 Å². The number of hydrogen-bond donors (Lipinski definition) is 1. The number of hydrogen-bond acceptors (Lipinski definition) is 5. The third kappa shape index (κ3) is 5.16. The molecule has 1 aliphatic heterocycles. The lowest BCUT2D eigenvalue weighted by Gasteiger charge is -2.34. The molecule has 6 nitrogen and oxygen atoms in total. The van der Waals surface area contributed by atoms with Crippen LogP contribution in [0, 0.1) is 0 Å². The average Bonchev–Trinajstić information content (AvgIpc) is 2.73. The van der Waals surface area contributed by atoms with Crippen LogP contribution in [0.5, 0.6) is 11.5 Å². The molecule has 28 heavy (non-hydrogen) atoms. The number of rotatable bonds is 7. The van der Waals surface area contributed by atoms with E-state index in [2.05, 4.69) is 34.3 Å². The van der Waals surface area contributed by atoms with Crippen LogP contribution in [0.2, 0.25) is 0 Å². The topological polar surface area (TPSA) is 54.0 Å². The molecule has 1 N–H and O–H groups in total. The molecule has 0 aliphatic carbocycles. The Kier molecular flexibility index (Phi) is 6.76. The smallest absolute Gasteiger partial charge is 0.265 e. The zero-order valence-electron chi connectivity index (χ0n) is 16.9. The fraction of sp³-hybridized carbons (Fsp3) is 0.409. The van der Waals surface area contributed by atoms with E-state index >= 15 is 0 Å². The van der Waals surface area contributed by atoms with E-state index in [-0.39, 0.29) is 5.91 Å². The van der Waals surface area contributed by atoms with E-state index in [0.29, 0.717) is 17.9 Å². The highest BCUT2D eigenvalue weighted by molar-refractivity contribution is 5.94. The van der Waals surface area contributed by atoms with E-state index in [1.54, 1.807) is 13.2 Å². The summed E-state index contributed by atoms with van der Waals surface area (Å²) < 4.78 is 11.1. The van der Waals surface area contributed by atoms with Crippen LogP contribution in [0.15, 0.2) is 48.5 Å². The lowest BCUT2D eigenvalue weighted by atomic mass is 10.2. The molecule has 2 aromatic rings. The Hall–Kier alpha value is -2.73. The Labute approximate surface area is 167 Å². The van der Waals surface area contributed by atoms with E-state index in [1.807, 2.05) is 37.3 Å². The van der Waals surface area contributed by atoms with Crippen LogP contribution in [-0.2, 0) is 4.79 Å². The highest BCUT2D eigenvalue weighted by Crippen LogP contribution is 2.22. The lowest BCUT2D eigenvalue weighted by molar-refractivity contribution is -0.122. The monoisotopic (exact) mass is 383 g/mol. The molecule has 1 amide bonds. The first-order valence-corrected chi connectivity index (χ1v) is 9.74. The number of anilines is 2. The van der Waals surface area contributed by atoms with Crippen LogP contribution < -0.4 is 19.7 Å². The van der Waals surface area contributed by atoms with Crippen LogP contribution in [0.1, 0.15) is 13.3 Å². The van der Waals surface area contributed by atoms with Crippen LogP contribution >= 0.6 is 0 Å². The number of likely N-dealkylation sites (N-methyl/N-ethyl adjacent to an activating group) is 1. The summed E-state index contributed by atoms with van der Waals surface area (Å²) in [7, 11) is 3.75. The van der Waals surface area contributed by atoms with Crippen molar-refractivity contribution in [2.75, 3.05) is 50.6 Å². The molecule has 6 heteroatoms. The maximum absolute atomic E-state index is 12.6. The number of carbonyl (C=O) groups is 1. The molecule has 150 valence electrons. The summed E-state index contributed by atoms with van der Waals surface area (Å²) in [4.78, 5) is 17.3. The minimum atomic E-state index is -0.565. The summed E-state index contributed by atoms with van der Waals surface area (Å²) in [6, 6.07) is 15.3. The number of benzene rings is 2. The fourth-order valence-corrected chi connectivity index (χ4v) is 3.20. The quantitative estimate of drug-likeness (QED) is 0.795. The van der Waals surface area contributed by atoms with Gasteiger partial charge in [0.1, 0.15) is 11.5 Å². The molecule has 1 fully saturated rings. The molecule has 0 bridgehead atoms. The van der Waals surface area contributed by atoms with Gasteiger partial charge < -0.3 is 24.6 Å². The Morgan fingerprint density at radius 3 is 2.39 bits per heavy atom. The van der Waals surface area contributed by atoms with E-state index in [9.17, 15) is 4.79 Å². The number of piperazine rings is 1. The number of nitrogens with one attached hydrogen (secondary N) is 1. The fourth-order valence-electron chi connectivity index (χ4n) is 3.20. The van der Waals surface area contributed by atoms with Gasteiger partial charge in [0.05, 0.1) is 7.11 Å². The van der Waals surface area contributed by atoms with E-state index < -0.39 is 6.10 Å². The highest BCUT2D eigenvalue weighted by Gasteiger charge is 2.19. The Balaban J connectivity index is 1.59. The normalized spacial score (nSPS) is 15.8. The summed E-state index contributed by atoms with van der Waals surface area (Å²) >= 11 is 0. The third-order valence-electron chi connectivity index (χ3n) is 4.99. The molecule has 0 radical (unpaired) electrons. The zero-order valence-corrected chi connectivity index (χ0v) is 16.9. The van der Waals surface area contributed by atoms with Gasteiger partial charge in [0.2, 0.25) is 0 Å². The SMILES string of the molecule is CCC(Oc1cccc(OC)c1)C(=O)Nc1ccc(N2CCN(C)CC2)cc1. The molecule has 1 atom stereocenters. The summed E-state index contributed by atoms with van der Waals surface area (Å²) in [6.45, 7) is 6.11. The molecule has 1 unspecified atom stereocenters. The Morgan fingerprint density at radius 1 is 1.07 bits per heavy atom. The summed E-state index contributed by atoms with van der Waals surface area (Å²) in [5, 5.41) is 2.96. The lowest BCUT2D eigenvalue weighted by Crippen LogP contribution is -2.44.